The quantitative estimate of drug-likeness (QED) is 0.717. The highest BCUT2D eigenvalue weighted by Crippen LogP contribution is 2.20. The zero-order chi connectivity index (χ0) is 11.4. The zero-order valence-corrected chi connectivity index (χ0v) is 9.43. The standard InChI is InChI=1S/C11H19NO4/c13-4-2-9-1-3-12(7-9)11(14)10-8-15-5-6-16-10/h9-10,13H,1-8H2. The maximum absolute atomic E-state index is 12.0. The molecule has 0 aromatic carbocycles. The van der Waals surface area contributed by atoms with Crippen LogP contribution in [0.5, 0.6) is 0 Å². The molecule has 5 heteroatoms. The maximum atomic E-state index is 12.0. The second-order valence-corrected chi connectivity index (χ2v) is 4.39. The van der Waals surface area contributed by atoms with Crippen LogP contribution in [0.25, 0.3) is 0 Å². The topological polar surface area (TPSA) is 59.0 Å². The molecule has 0 radical (unpaired) electrons. The van der Waals surface area contributed by atoms with Gasteiger partial charge in [-0.3, -0.25) is 4.79 Å². The first kappa shape index (κ1) is 11.8. The number of ether oxygens (including phenoxy) is 2. The minimum absolute atomic E-state index is 0.0418. The van der Waals surface area contributed by atoms with E-state index in [0.717, 1.165) is 25.9 Å². The van der Waals surface area contributed by atoms with Gasteiger partial charge < -0.3 is 19.5 Å². The molecule has 2 saturated heterocycles. The van der Waals surface area contributed by atoms with Crippen LogP contribution < -0.4 is 0 Å². The fourth-order valence-corrected chi connectivity index (χ4v) is 2.29. The average Bonchev–Trinajstić information content (AvgIpc) is 2.78. The van der Waals surface area contributed by atoms with Gasteiger partial charge in [0, 0.05) is 19.7 Å². The van der Waals surface area contributed by atoms with Gasteiger partial charge in [-0.05, 0) is 18.8 Å². The van der Waals surface area contributed by atoms with E-state index in [1.807, 2.05) is 4.90 Å². The molecule has 5 nitrogen and oxygen atoms in total. The lowest BCUT2D eigenvalue weighted by Crippen LogP contribution is -2.44. The Morgan fingerprint density at radius 1 is 1.44 bits per heavy atom. The normalized spacial score (nSPS) is 30.7. The molecule has 0 spiro atoms. The number of rotatable bonds is 3. The molecule has 2 atom stereocenters. The van der Waals surface area contributed by atoms with Crippen molar-refractivity contribution in [3.63, 3.8) is 0 Å². The van der Waals surface area contributed by atoms with E-state index in [0.29, 0.717) is 25.7 Å². The summed E-state index contributed by atoms with van der Waals surface area (Å²) in [5, 5.41) is 8.85. The van der Waals surface area contributed by atoms with E-state index >= 15 is 0 Å². The van der Waals surface area contributed by atoms with Crippen LogP contribution in [-0.2, 0) is 14.3 Å². The molecule has 2 fully saturated rings. The van der Waals surface area contributed by atoms with Crippen LogP contribution in [-0.4, -0.2) is 61.5 Å². The Balaban J connectivity index is 1.81. The van der Waals surface area contributed by atoms with Crippen LogP contribution in [0.3, 0.4) is 0 Å². The van der Waals surface area contributed by atoms with E-state index in [4.69, 9.17) is 14.6 Å². The molecule has 92 valence electrons. The molecular formula is C11H19NO4. The minimum atomic E-state index is -0.415. The van der Waals surface area contributed by atoms with E-state index in [9.17, 15) is 4.79 Å². The molecule has 0 aliphatic carbocycles. The van der Waals surface area contributed by atoms with Gasteiger partial charge in [-0.25, -0.2) is 0 Å². The van der Waals surface area contributed by atoms with Gasteiger partial charge in [0.25, 0.3) is 5.91 Å². The van der Waals surface area contributed by atoms with Gasteiger partial charge in [0.05, 0.1) is 19.8 Å². The molecule has 1 amide bonds. The highest BCUT2D eigenvalue weighted by atomic mass is 16.6. The Morgan fingerprint density at radius 2 is 2.31 bits per heavy atom. The highest BCUT2D eigenvalue weighted by Gasteiger charge is 2.32. The van der Waals surface area contributed by atoms with E-state index in [1.54, 1.807) is 0 Å². The molecule has 2 unspecified atom stereocenters. The number of carbonyl (C=O) groups excluding carboxylic acids is 1. The van der Waals surface area contributed by atoms with Crippen molar-refractivity contribution in [2.45, 2.75) is 18.9 Å². The Morgan fingerprint density at radius 3 is 3.00 bits per heavy atom. The van der Waals surface area contributed by atoms with Crippen molar-refractivity contribution in [1.29, 1.82) is 0 Å². The van der Waals surface area contributed by atoms with Gasteiger partial charge in [-0.15, -0.1) is 0 Å². The number of carbonyl (C=O) groups is 1. The number of nitrogens with zero attached hydrogens (tertiary/aromatic N) is 1. The molecule has 2 rings (SSSR count). The fourth-order valence-electron chi connectivity index (χ4n) is 2.29. The third-order valence-electron chi connectivity index (χ3n) is 3.23. The summed E-state index contributed by atoms with van der Waals surface area (Å²) in [5.74, 6) is 0.485. The molecule has 2 aliphatic heterocycles. The summed E-state index contributed by atoms with van der Waals surface area (Å²) >= 11 is 0. The molecule has 16 heavy (non-hydrogen) atoms. The second-order valence-electron chi connectivity index (χ2n) is 4.39. The first-order valence-electron chi connectivity index (χ1n) is 5.90. The Kier molecular flexibility index (Phi) is 4.15. The number of amides is 1. The largest absolute Gasteiger partial charge is 0.396 e. The lowest BCUT2D eigenvalue weighted by atomic mass is 10.1. The molecule has 0 aromatic rings. The van der Waals surface area contributed by atoms with Crippen molar-refractivity contribution in [1.82, 2.24) is 4.90 Å². The predicted molar refractivity (Wildman–Crippen MR) is 56.9 cm³/mol. The lowest BCUT2D eigenvalue weighted by molar-refractivity contribution is -0.157. The molecule has 0 bridgehead atoms. The van der Waals surface area contributed by atoms with E-state index in [-0.39, 0.29) is 12.5 Å². The summed E-state index contributed by atoms with van der Waals surface area (Å²) in [5.41, 5.74) is 0. The van der Waals surface area contributed by atoms with Crippen LogP contribution in [0, 0.1) is 5.92 Å². The first-order chi connectivity index (χ1) is 7.81. The lowest BCUT2D eigenvalue weighted by Gasteiger charge is -2.26. The molecule has 2 aliphatic rings. The summed E-state index contributed by atoms with van der Waals surface area (Å²) in [7, 11) is 0. The molecule has 0 saturated carbocycles. The van der Waals surface area contributed by atoms with Crippen molar-refractivity contribution >= 4 is 5.91 Å². The second kappa shape index (κ2) is 5.61. The summed E-state index contributed by atoms with van der Waals surface area (Å²) in [6.07, 6.45) is 1.35. The van der Waals surface area contributed by atoms with Crippen LogP contribution in [0.15, 0.2) is 0 Å². The van der Waals surface area contributed by atoms with E-state index in [1.165, 1.54) is 0 Å². The Labute approximate surface area is 95.3 Å². The van der Waals surface area contributed by atoms with Crippen molar-refractivity contribution in [3.05, 3.63) is 0 Å². The van der Waals surface area contributed by atoms with Gasteiger partial charge in [-0.1, -0.05) is 0 Å². The number of hydrogen-bond donors (Lipinski definition) is 1. The number of likely N-dealkylation sites (tertiary alicyclic amines) is 1. The van der Waals surface area contributed by atoms with E-state index < -0.39 is 6.10 Å². The highest BCUT2D eigenvalue weighted by molar-refractivity contribution is 5.81. The molecule has 2 heterocycles. The van der Waals surface area contributed by atoms with Crippen molar-refractivity contribution in [2.24, 2.45) is 5.92 Å². The van der Waals surface area contributed by atoms with Gasteiger partial charge in [0.15, 0.2) is 6.10 Å². The molecule has 0 aromatic heterocycles. The predicted octanol–water partition coefficient (Wildman–Crippen LogP) is -0.367. The summed E-state index contributed by atoms with van der Waals surface area (Å²) < 4.78 is 10.6. The Bertz CT molecular complexity index is 240. The van der Waals surface area contributed by atoms with Gasteiger partial charge >= 0.3 is 0 Å². The van der Waals surface area contributed by atoms with Crippen LogP contribution in [0.1, 0.15) is 12.8 Å². The van der Waals surface area contributed by atoms with E-state index in [2.05, 4.69) is 0 Å². The number of aliphatic hydroxyl groups excluding tert-OH is 1. The minimum Gasteiger partial charge on any atom is -0.396 e. The van der Waals surface area contributed by atoms with Crippen molar-refractivity contribution in [2.75, 3.05) is 39.5 Å². The van der Waals surface area contributed by atoms with Crippen molar-refractivity contribution in [3.8, 4) is 0 Å². The third-order valence-corrected chi connectivity index (χ3v) is 3.23. The van der Waals surface area contributed by atoms with Crippen molar-refractivity contribution < 1.29 is 19.4 Å². The first-order valence-corrected chi connectivity index (χ1v) is 5.90. The zero-order valence-electron chi connectivity index (χ0n) is 9.43. The SMILES string of the molecule is O=C(C1COCCO1)N1CCC(CCO)C1. The van der Waals surface area contributed by atoms with Crippen LogP contribution in [0.4, 0.5) is 0 Å². The molecular weight excluding hydrogens is 210 g/mol. The fraction of sp³-hybridized carbons (Fsp3) is 0.909. The smallest absolute Gasteiger partial charge is 0.254 e. The summed E-state index contributed by atoms with van der Waals surface area (Å²) in [4.78, 5) is 13.8. The monoisotopic (exact) mass is 229 g/mol. The average molecular weight is 229 g/mol. The van der Waals surface area contributed by atoms with Gasteiger partial charge in [0.1, 0.15) is 0 Å². The summed E-state index contributed by atoms with van der Waals surface area (Å²) in [6, 6.07) is 0. The third kappa shape index (κ3) is 2.72. The molecule has 1 N–H and O–H groups in total. The van der Waals surface area contributed by atoms with Gasteiger partial charge in [0.2, 0.25) is 0 Å². The number of hydrogen-bond acceptors (Lipinski definition) is 4. The maximum Gasteiger partial charge on any atom is 0.254 e. The van der Waals surface area contributed by atoms with Crippen LogP contribution in [0.2, 0.25) is 0 Å². The van der Waals surface area contributed by atoms with Crippen LogP contribution >= 0.6 is 0 Å². The van der Waals surface area contributed by atoms with Gasteiger partial charge in [-0.2, -0.15) is 0 Å². The number of aliphatic hydroxyl groups is 1. The Hall–Kier alpha value is -0.650. The summed E-state index contributed by atoms with van der Waals surface area (Å²) in [6.45, 7) is 3.19.